The molecule has 0 bridgehead atoms. The number of piperazine rings is 1. The van der Waals surface area contributed by atoms with Gasteiger partial charge in [0.05, 0.1) is 28.6 Å². The third-order valence-electron chi connectivity index (χ3n) is 6.03. The molecule has 1 aliphatic heterocycles. The quantitative estimate of drug-likeness (QED) is 0.927. The zero-order valence-electron chi connectivity index (χ0n) is 14.9. The summed E-state index contributed by atoms with van der Waals surface area (Å²) >= 11 is 0. The minimum Gasteiger partial charge on any atom is -0.366 e. The van der Waals surface area contributed by atoms with Crippen LogP contribution < -0.4 is 5.73 Å². The van der Waals surface area contributed by atoms with E-state index in [1.165, 1.54) is 19.3 Å². The second-order valence-corrected chi connectivity index (χ2v) is 7.49. The Labute approximate surface area is 148 Å². The molecular formula is C19H27N5O. The Balaban J connectivity index is 1.86. The van der Waals surface area contributed by atoms with E-state index in [1.807, 2.05) is 24.5 Å². The number of primary amides is 1. The van der Waals surface area contributed by atoms with E-state index >= 15 is 0 Å². The third-order valence-corrected chi connectivity index (χ3v) is 6.03. The first-order chi connectivity index (χ1) is 12.1. The van der Waals surface area contributed by atoms with Crippen LogP contribution in [0.2, 0.25) is 0 Å². The maximum absolute atomic E-state index is 12.0. The van der Waals surface area contributed by atoms with Crippen LogP contribution in [0.25, 0.3) is 11.0 Å². The lowest BCUT2D eigenvalue weighted by molar-refractivity contribution is -0.0396. The monoisotopic (exact) mass is 341 g/mol. The molecule has 2 fully saturated rings. The second-order valence-electron chi connectivity index (χ2n) is 7.49. The molecule has 1 saturated carbocycles. The van der Waals surface area contributed by atoms with Gasteiger partial charge >= 0.3 is 0 Å². The molecule has 1 aromatic carbocycles. The van der Waals surface area contributed by atoms with E-state index in [9.17, 15) is 4.79 Å². The van der Waals surface area contributed by atoms with Gasteiger partial charge in [0.15, 0.2) is 0 Å². The van der Waals surface area contributed by atoms with Crippen molar-refractivity contribution in [3.05, 3.63) is 30.1 Å². The fourth-order valence-electron chi connectivity index (χ4n) is 4.63. The molecule has 1 aliphatic carbocycles. The summed E-state index contributed by atoms with van der Waals surface area (Å²) in [5.74, 6) is -0.378. The molecule has 1 amide bonds. The highest BCUT2D eigenvalue weighted by Gasteiger charge is 2.41. The SMILES string of the molecule is CN1CCN(C2(n3cnc4cccc(C(N)=O)c43)CCCCC2)CC1. The van der Waals surface area contributed by atoms with Gasteiger partial charge in [-0.15, -0.1) is 0 Å². The number of hydrogen-bond acceptors (Lipinski definition) is 4. The van der Waals surface area contributed by atoms with E-state index in [0.717, 1.165) is 50.1 Å². The van der Waals surface area contributed by atoms with E-state index in [1.54, 1.807) is 0 Å². The molecular weight excluding hydrogens is 314 g/mol. The fraction of sp³-hybridized carbons (Fsp3) is 0.579. The lowest BCUT2D eigenvalue weighted by atomic mass is 9.86. The van der Waals surface area contributed by atoms with Crippen LogP contribution in [0.4, 0.5) is 0 Å². The number of likely N-dealkylation sites (N-methyl/N-ethyl adjacent to an activating group) is 1. The summed E-state index contributed by atoms with van der Waals surface area (Å²) in [6, 6.07) is 5.66. The summed E-state index contributed by atoms with van der Waals surface area (Å²) in [7, 11) is 2.18. The van der Waals surface area contributed by atoms with Gasteiger partial charge in [-0.05, 0) is 44.9 Å². The number of amides is 1. The van der Waals surface area contributed by atoms with Crippen molar-refractivity contribution in [2.75, 3.05) is 33.2 Å². The molecule has 0 spiro atoms. The van der Waals surface area contributed by atoms with Crippen molar-refractivity contribution < 1.29 is 4.79 Å². The number of carbonyl (C=O) groups excluding carboxylic acids is 1. The Hall–Kier alpha value is -1.92. The van der Waals surface area contributed by atoms with E-state index in [4.69, 9.17) is 5.73 Å². The van der Waals surface area contributed by atoms with E-state index < -0.39 is 0 Å². The molecule has 0 atom stereocenters. The smallest absolute Gasteiger partial charge is 0.250 e. The number of rotatable bonds is 3. The maximum atomic E-state index is 12.0. The average molecular weight is 341 g/mol. The Kier molecular flexibility index (Phi) is 4.25. The van der Waals surface area contributed by atoms with Crippen molar-refractivity contribution in [3.8, 4) is 0 Å². The molecule has 6 nitrogen and oxygen atoms in total. The first kappa shape index (κ1) is 16.5. The van der Waals surface area contributed by atoms with Gasteiger partial charge in [0, 0.05) is 26.2 Å². The number of imidazole rings is 1. The highest BCUT2D eigenvalue weighted by Crippen LogP contribution is 2.41. The van der Waals surface area contributed by atoms with E-state index in [2.05, 4.69) is 26.4 Å². The summed E-state index contributed by atoms with van der Waals surface area (Å²) < 4.78 is 2.27. The number of nitrogens with two attached hydrogens (primary N) is 1. The van der Waals surface area contributed by atoms with Crippen LogP contribution in [-0.4, -0.2) is 58.5 Å². The van der Waals surface area contributed by atoms with Gasteiger partial charge in [-0.2, -0.15) is 0 Å². The van der Waals surface area contributed by atoms with Crippen LogP contribution in [-0.2, 0) is 5.66 Å². The molecule has 4 rings (SSSR count). The van der Waals surface area contributed by atoms with Crippen molar-refractivity contribution in [1.29, 1.82) is 0 Å². The summed E-state index contributed by atoms with van der Waals surface area (Å²) in [6.07, 6.45) is 7.85. The minimum atomic E-state index is -0.378. The Bertz CT molecular complexity index is 769. The van der Waals surface area contributed by atoms with Gasteiger partial charge in [0.2, 0.25) is 0 Å². The first-order valence-electron chi connectivity index (χ1n) is 9.32. The van der Waals surface area contributed by atoms with Crippen LogP contribution in [0.5, 0.6) is 0 Å². The van der Waals surface area contributed by atoms with Crippen LogP contribution >= 0.6 is 0 Å². The summed E-state index contributed by atoms with van der Waals surface area (Å²) in [4.78, 5) is 21.6. The topological polar surface area (TPSA) is 67.4 Å². The average Bonchev–Trinajstić information content (AvgIpc) is 3.07. The second kappa shape index (κ2) is 6.42. The predicted octanol–water partition coefficient (Wildman–Crippen LogP) is 2.00. The van der Waals surface area contributed by atoms with Crippen molar-refractivity contribution in [1.82, 2.24) is 19.4 Å². The van der Waals surface area contributed by atoms with Crippen LogP contribution in [0.3, 0.4) is 0 Å². The Morgan fingerprint density at radius 2 is 1.84 bits per heavy atom. The van der Waals surface area contributed by atoms with E-state index in [-0.39, 0.29) is 11.6 Å². The number of nitrogens with zero attached hydrogens (tertiary/aromatic N) is 4. The van der Waals surface area contributed by atoms with Crippen LogP contribution in [0.15, 0.2) is 24.5 Å². The normalized spacial score (nSPS) is 22.3. The van der Waals surface area contributed by atoms with Gasteiger partial charge in [-0.3, -0.25) is 9.69 Å². The van der Waals surface area contributed by atoms with Crippen molar-refractivity contribution in [2.24, 2.45) is 5.73 Å². The molecule has 25 heavy (non-hydrogen) atoms. The lowest BCUT2D eigenvalue weighted by Gasteiger charge is -2.50. The van der Waals surface area contributed by atoms with Crippen LogP contribution in [0, 0.1) is 0 Å². The maximum Gasteiger partial charge on any atom is 0.250 e. The van der Waals surface area contributed by atoms with Gasteiger partial charge in [0.25, 0.3) is 5.91 Å². The Morgan fingerprint density at radius 1 is 1.12 bits per heavy atom. The van der Waals surface area contributed by atoms with Gasteiger partial charge in [0.1, 0.15) is 0 Å². The molecule has 0 radical (unpaired) electrons. The predicted molar refractivity (Wildman–Crippen MR) is 98.4 cm³/mol. The van der Waals surface area contributed by atoms with Crippen molar-refractivity contribution in [3.63, 3.8) is 0 Å². The summed E-state index contributed by atoms with van der Waals surface area (Å²) in [5, 5.41) is 0. The molecule has 134 valence electrons. The van der Waals surface area contributed by atoms with Gasteiger partial charge < -0.3 is 15.2 Å². The van der Waals surface area contributed by atoms with Gasteiger partial charge in [-0.25, -0.2) is 4.98 Å². The zero-order valence-corrected chi connectivity index (χ0v) is 14.9. The highest BCUT2D eigenvalue weighted by molar-refractivity contribution is 6.04. The van der Waals surface area contributed by atoms with Gasteiger partial charge in [-0.1, -0.05) is 12.5 Å². The summed E-state index contributed by atoms with van der Waals surface area (Å²) in [6.45, 7) is 4.26. The highest BCUT2D eigenvalue weighted by atomic mass is 16.1. The Morgan fingerprint density at radius 3 is 2.52 bits per heavy atom. The number of aromatic nitrogens is 2. The van der Waals surface area contributed by atoms with Crippen molar-refractivity contribution >= 4 is 16.9 Å². The molecule has 2 heterocycles. The van der Waals surface area contributed by atoms with E-state index in [0.29, 0.717) is 5.56 Å². The fourth-order valence-corrected chi connectivity index (χ4v) is 4.63. The molecule has 2 aliphatic rings. The molecule has 2 N–H and O–H groups in total. The number of para-hydroxylation sites is 1. The first-order valence-corrected chi connectivity index (χ1v) is 9.32. The number of carbonyl (C=O) groups is 1. The minimum absolute atomic E-state index is 0.0835. The summed E-state index contributed by atoms with van der Waals surface area (Å²) in [5.41, 5.74) is 7.93. The lowest BCUT2D eigenvalue weighted by Crippen LogP contribution is -2.58. The molecule has 0 unspecified atom stereocenters. The number of hydrogen-bond donors (Lipinski definition) is 1. The standard InChI is InChI=1S/C19H27N5O/c1-22-10-12-23(13-11-22)19(8-3-2-4-9-19)24-14-21-16-7-5-6-15(17(16)24)18(20)25/h5-7,14H,2-4,8-13H2,1H3,(H2,20,25). The number of benzene rings is 1. The zero-order chi connectivity index (χ0) is 17.4. The molecule has 6 heteroatoms. The number of fused-ring (bicyclic) bond motifs is 1. The largest absolute Gasteiger partial charge is 0.366 e. The third kappa shape index (κ3) is 2.73. The molecule has 1 aromatic heterocycles. The van der Waals surface area contributed by atoms with Crippen molar-refractivity contribution in [2.45, 2.75) is 37.8 Å². The molecule has 1 saturated heterocycles. The molecule has 2 aromatic rings. The van der Waals surface area contributed by atoms with Crippen LogP contribution in [0.1, 0.15) is 42.5 Å².